The number of carboxylic acid groups (broad SMARTS) is 1. The molecule has 2 aromatic carbocycles. The van der Waals surface area contributed by atoms with Gasteiger partial charge >= 0.3 is 5.97 Å². The molecule has 0 fully saturated rings. The Balaban J connectivity index is 1.69. The molecule has 0 aliphatic carbocycles. The van der Waals surface area contributed by atoms with Gasteiger partial charge in [-0.1, -0.05) is 41.2 Å². The lowest BCUT2D eigenvalue weighted by Crippen LogP contribution is -2.30. The van der Waals surface area contributed by atoms with Crippen LogP contribution in [0, 0.1) is 13.8 Å². The van der Waals surface area contributed by atoms with Crippen LogP contribution < -0.4 is 4.90 Å². The largest absolute Gasteiger partial charge is 0.479 e. The van der Waals surface area contributed by atoms with Crippen molar-refractivity contribution in [2.24, 2.45) is 0 Å². The molecule has 7 heteroatoms. The van der Waals surface area contributed by atoms with Gasteiger partial charge in [-0.2, -0.15) is 0 Å². The number of carbonyl (C=O) groups is 1. The first kappa shape index (κ1) is 24.4. The molecule has 6 nitrogen and oxygen atoms in total. The molecule has 36 heavy (non-hydrogen) atoms. The molecule has 0 radical (unpaired) electrons. The SMILES string of the molecule is Cc1ccc(-c2c([C@H](OC(C)(C)C)C(=O)O)c(C)cc3nc(N4CCc5ccncc5C4)sc23)cc1. The molecule has 186 valence electrons. The summed E-state index contributed by atoms with van der Waals surface area (Å²) in [5.41, 5.74) is 7.38. The molecule has 0 saturated carbocycles. The number of thiazole rings is 1. The molecular formula is C29H31N3O3S. The van der Waals surface area contributed by atoms with Gasteiger partial charge in [0.25, 0.3) is 0 Å². The number of hydrogen-bond acceptors (Lipinski definition) is 6. The highest BCUT2D eigenvalue weighted by atomic mass is 32.1. The molecule has 0 saturated heterocycles. The van der Waals surface area contributed by atoms with E-state index in [4.69, 9.17) is 9.72 Å². The van der Waals surface area contributed by atoms with Gasteiger partial charge < -0.3 is 14.7 Å². The van der Waals surface area contributed by atoms with Crippen LogP contribution in [0.1, 0.15) is 54.7 Å². The molecular weight excluding hydrogens is 470 g/mol. The standard InChI is InChI=1S/C29H31N3O3S/c1-17-6-8-20(9-7-17)24-23(25(27(33)34)35-29(3,4)5)18(2)14-22-26(24)36-28(31-22)32-13-11-19-10-12-30-15-21(19)16-32/h6-10,12,14-15,25H,11,13,16H2,1-5H3,(H,33,34)/t25-/m0/s1. The molecule has 4 aromatic rings. The third kappa shape index (κ3) is 4.73. The van der Waals surface area contributed by atoms with Crippen LogP contribution in [0.25, 0.3) is 21.3 Å². The van der Waals surface area contributed by atoms with Crippen molar-refractivity contribution in [3.05, 3.63) is 76.6 Å². The fraction of sp³-hybridized carbons (Fsp3) is 0.345. The van der Waals surface area contributed by atoms with Crippen LogP contribution in [0.2, 0.25) is 0 Å². The van der Waals surface area contributed by atoms with E-state index < -0.39 is 17.7 Å². The summed E-state index contributed by atoms with van der Waals surface area (Å²) in [4.78, 5) is 24.2. The third-order valence-corrected chi connectivity index (χ3v) is 7.65. The fourth-order valence-electron chi connectivity index (χ4n) is 4.81. The lowest BCUT2D eigenvalue weighted by Gasteiger charge is -2.28. The number of rotatable bonds is 5. The maximum atomic E-state index is 12.5. The highest BCUT2D eigenvalue weighted by molar-refractivity contribution is 7.22. The smallest absolute Gasteiger partial charge is 0.337 e. The maximum Gasteiger partial charge on any atom is 0.337 e. The van der Waals surface area contributed by atoms with Crippen molar-refractivity contribution in [1.29, 1.82) is 0 Å². The van der Waals surface area contributed by atoms with E-state index in [9.17, 15) is 9.90 Å². The van der Waals surface area contributed by atoms with E-state index in [0.29, 0.717) is 5.56 Å². The highest BCUT2D eigenvalue weighted by Crippen LogP contribution is 2.44. The first-order chi connectivity index (χ1) is 17.1. The van der Waals surface area contributed by atoms with E-state index in [1.807, 2.05) is 53.1 Å². The van der Waals surface area contributed by atoms with E-state index in [1.165, 1.54) is 11.1 Å². The zero-order chi connectivity index (χ0) is 25.6. The number of aryl methyl sites for hydroxylation is 2. The fourth-order valence-corrected chi connectivity index (χ4v) is 5.96. The average Bonchev–Trinajstić information content (AvgIpc) is 3.25. The maximum absolute atomic E-state index is 12.5. The summed E-state index contributed by atoms with van der Waals surface area (Å²) in [5.74, 6) is -0.995. The second-order valence-electron chi connectivity index (χ2n) is 10.5. The summed E-state index contributed by atoms with van der Waals surface area (Å²) in [7, 11) is 0. The quantitative estimate of drug-likeness (QED) is 0.337. The van der Waals surface area contributed by atoms with Crippen LogP contribution >= 0.6 is 11.3 Å². The van der Waals surface area contributed by atoms with E-state index in [2.05, 4.69) is 40.2 Å². The number of pyridine rings is 1. The Labute approximate surface area is 215 Å². The van der Waals surface area contributed by atoms with Gasteiger partial charge in [0.2, 0.25) is 0 Å². The van der Waals surface area contributed by atoms with Gasteiger partial charge in [0, 0.05) is 36.6 Å². The van der Waals surface area contributed by atoms with Crippen molar-refractivity contribution < 1.29 is 14.6 Å². The summed E-state index contributed by atoms with van der Waals surface area (Å²) < 4.78 is 7.11. The number of nitrogens with zero attached hydrogens (tertiary/aromatic N) is 3. The second kappa shape index (κ2) is 9.30. The Morgan fingerprint density at radius 2 is 1.89 bits per heavy atom. The van der Waals surface area contributed by atoms with Crippen molar-refractivity contribution in [1.82, 2.24) is 9.97 Å². The molecule has 5 rings (SSSR count). The van der Waals surface area contributed by atoms with E-state index in [0.717, 1.165) is 57.1 Å². The number of carboxylic acids is 1. The summed E-state index contributed by atoms with van der Waals surface area (Å²) >= 11 is 1.62. The van der Waals surface area contributed by atoms with E-state index in [1.54, 1.807) is 11.3 Å². The first-order valence-electron chi connectivity index (χ1n) is 12.2. The highest BCUT2D eigenvalue weighted by Gasteiger charge is 2.32. The van der Waals surface area contributed by atoms with Crippen molar-refractivity contribution in [3.8, 4) is 11.1 Å². The van der Waals surface area contributed by atoms with Crippen LogP contribution in [-0.4, -0.2) is 33.2 Å². The van der Waals surface area contributed by atoms with E-state index >= 15 is 0 Å². The summed E-state index contributed by atoms with van der Waals surface area (Å²) in [6, 6.07) is 12.3. The summed E-state index contributed by atoms with van der Waals surface area (Å²) in [6.07, 6.45) is 3.65. The zero-order valence-corrected chi connectivity index (χ0v) is 22.1. The van der Waals surface area contributed by atoms with Crippen molar-refractivity contribution in [2.75, 3.05) is 11.4 Å². The number of fused-ring (bicyclic) bond motifs is 2. The van der Waals surface area contributed by atoms with E-state index in [-0.39, 0.29) is 0 Å². The number of aliphatic carboxylic acids is 1. The van der Waals surface area contributed by atoms with Crippen LogP contribution in [0.15, 0.2) is 48.8 Å². The Hall–Kier alpha value is -3.29. The lowest BCUT2D eigenvalue weighted by atomic mass is 9.91. The minimum Gasteiger partial charge on any atom is -0.479 e. The molecule has 0 spiro atoms. The molecule has 1 aliphatic heterocycles. The normalized spacial score (nSPS) is 14.6. The number of ether oxygens (including phenoxy) is 1. The van der Waals surface area contributed by atoms with Gasteiger partial charge in [-0.15, -0.1) is 0 Å². The third-order valence-electron chi connectivity index (χ3n) is 6.50. The van der Waals surface area contributed by atoms with Gasteiger partial charge in [-0.05, 0) is 75.4 Å². The molecule has 1 atom stereocenters. The molecule has 2 aromatic heterocycles. The lowest BCUT2D eigenvalue weighted by molar-refractivity contribution is -0.160. The van der Waals surface area contributed by atoms with Gasteiger partial charge in [-0.25, -0.2) is 9.78 Å². The van der Waals surface area contributed by atoms with Gasteiger partial charge in [-0.3, -0.25) is 4.98 Å². The Kier molecular flexibility index (Phi) is 6.30. The molecule has 0 unspecified atom stereocenters. The minimum atomic E-state index is -1.09. The van der Waals surface area contributed by atoms with Gasteiger partial charge in [0.15, 0.2) is 11.2 Å². The Bertz CT molecular complexity index is 1440. The van der Waals surface area contributed by atoms with Crippen LogP contribution in [0.3, 0.4) is 0 Å². The monoisotopic (exact) mass is 501 g/mol. The predicted molar refractivity (Wildman–Crippen MR) is 145 cm³/mol. The summed E-state index contributed by atoms with van der Waals surface area (Å²) in [6.45, 7) is 11.3. The topological polar surface area (TPSA) is 75.6 Å². The molecule has 0 amide bonds. The van der Waals surface area contributed by atoms with Crippen LogP contribution in [0.4, 0.5) is 5.13 Å². The molecule has 3 heterocycles. The molecule has 1 aliphatic rings. The van der Waals surface area contributed by atoms with Gasteiger partial charge in [0.05, 0.1) is 15.8 Å². The van der Waals surface area contributed by atoms with Crippen molar-refractivity contribution in [3.63, 3.8) is 0 Å². The first-order valence-corrected chi connectivity index (χ1v) is 13.0. The van der Waals surface area contributed by atoms with Crippen LogP contribution in [0.5, 0.6) is 0 Å². The molecule has 1 N–H and O–H groups in total. The number of aromatic nitrogens is 2. The number of benzene rings is 2. The predicted octanol–water partition coefficient (Wildman–Crippen LogP) is 6.48. The Morgan fingerprint density at radius 1 is 1.14 bits per heavy atom. The number of anilines is 1. The zero-order valence-electron chi connectivity index (χ0n) is 21.3. The Morgan fingerprint density at radius 3 is 2.58 bits per heavy atom. The van der Waals surface area contributed by atoms with Crippen molar-refractivity contribution in [2.45, 2.75) is 59.3 Å². The molecule has 0 bridgehead atoms. The average molecular weight is 502 g/mol. The summed E-state index contributed by atoms with van der Waals surface area (Å²) in [5, 5.41) is 11.2. The van der Waals surface area contributed by atoms with Crippen molar-refractivity contribution >= 4 is 32.7 Å². The number of hydrogen-bond donors (Lipinski definition) is 1. The van der Waals surface area contributed by atoms with Gasteiger partial charge in [0.1, 0.15) is 0 Å². The minimum absolute atomic E-state index is 0.622. The second-order valence-corrected chi connectivity index (χ2v) is 11.4. The van der Waals surface area contributed by atoms with Crippen LogP contribution in [-0.2, 0) is 22.5 Å².